The first kappa shape index (κ1) is 24.1. The van der Waals surface area contributed by atoms with Crippen LogP contribution in [-0.2, 0) is 4.79 Å². The first-order valence-electron chi connectivity index (χ1n) is 12.2. The SMILES string of the molecule is CSC1CC(C)NC(=O)C1CNC(=O)c1c(C)n([C@H](C)C2CCC(O)CC2)c2ccccc12. The topological polar surface area (TPSA) is 83.4 Å². The number of hydrogen-bond donors (Lipinski definition) is 3. The summed E-state index contributed by atoms with van der Waals surface area (Å²) in [5, 5.41) is 17.2. The molecule has 2 aliphatic rings. The highest BCUT2D eigenvalue weighted by molar-refractivity contribution is 7.99. The second-order valence-electron chi connectivity index (χ2n) is 9.89. The smallest absolute Gasteiger partial charge is 0.253 e. The molecule has 0 spiro atoms. The molecule has 6 nitrogen and oxygen atoms in total. The van der Waals surface area contributed by atoms with Gasteiger partial charge in [-0.1, -0.05) is 18.2 Å². The Hall–Kier alpha value is -1.99. The lowest BCUT2D eigenvalue weighted by Gasteiger charge is -2.33. The number of carbonyl (C=O) groups is 2. The number of carbonyl (C=O) groups excluding carboxylic acids is 2. The van der Waals surface area contributed by atoms with E-state index in [-0.39, 0.29) is 41.2 Å². The normalized spacial score (nSPS) is 29.0. The average molecular weight is 472 g/mol. The van der Waals surface area contributed by atoms with Gasteiger partial charge in [0, 0.05) is 40.5 Å². The minimum absolute atomic E-state index is 0.0284. The van der Waals surface area contributed by atoms with Crippen molar-refractivity contribution in [1.82, 2.24) is 15.2 Å². The van der Waals surface area contributed by atoms with E-state index < -0.39 is 0 Å². The molecule has 0 radical (unpaired) electrons. The minimum atomic E-state index is -0.221. The highest BCUT2D eigenvalue weighted by atomic mass is 32.2. The molecule has 2 aromatic rings. The van der Waals surface area contributed by atoms with Gasteiger partial charge in [-0.05, 0) is 71.1 Å². The summed E-state index contributed by atoms with van der Waals surface area (Å²) in [6.07, 6.45) is 6.47. The molecule has 0 bridgehead atoms. The van der Waals surface area contributed by atoms with Crippen LogP contribution in [0, 0.1) is 18.8 Å². The van der Waals surface area contributed by atoms with Gasteiger partial charge in [0.25, 0.3) is 5.91 Å². The Morgan fingerprint density at radius 2 is 1.97 bits per heavy atom. The van der Waals surface area contributed by atoms with Gasteiger partial charge in [0.2, 0.25) is 5.91 Å². The highest BCUT2D eigenvalue weighted by Crippen LogP contribution is 2.38. The Bertz CT molecular complexity index is 1010. The monoisotopic (exact) mass is 471 g/mol. The van der Waals surface area contributed by atoms with E-state index in [0.29, 0.717) is 18.0 Å². The third-order valence-corrected chi connectivity index (χ3v) is 8.89. The third-order valence-electron chi connectivity index (χ3n) is 7.76. The van der Waals surface area contributed by atoms with Crippen LogP contribution in [0.1, 0.15) is 68.0 Å². The van der Waals surface area contributed by atoms with Gasteiger partial charge in [-0.25, -0.2) is 0 Å². The van der Waals surface area contributed by atoms with Crippen LogP contribution in [0.25, 0.3) is 10.9 Å². The molecule has 1 aliphatic heterocycles. The van der Waals surface area contributed by atoms with Crippen molar-refractivity contribution >= 4 is 34.5 Å². The van der Waals surface area contributed by atoms with Gasteiger partial charge in [-0.2, -0.15) is 11.8 Å². The van der Waals surface area contributed by atoms with E-state index in [1.807, 2.05) is 38.3 Å². The van der Waals surface area contributed by atoms with Crippen molar-refractivity contribution in [3.8, 4) is 0 Å². The van der Waals surface area contributed by atoms with Crippen molar-refractivity contribution in [2.24, 2.45) is 11.8 Å². The molecule has 3 N–H and O–H groups in total. The summed E-state index contributed by atoms with van der Waals surface area (Å²) in [4.78, 5) is 26.0. The summed E-state index contributed by atoms with van der Waals surface area (Å²) in [5.74, 6) is 0.177. The number of nitrogens with one attached hydrogen (secondary N) is 2. The molecule has 1 aromatic heterocycles. The van der Waals surface area contributed by atoms with Crippen molar-refractivity contribution in [2.75, 3.05) is 12.8 Å². The molecule has 1 aromatic carbocycles. The van der Waals surface area contributed by atoms with Gasteiger partial charge < -0.3 is 20.3 Å². The van der Waals surface area contributed by atoms with Crippen LogP contribution in [0.15, 0.2) is 24.3 Å². The first-order valence-corrected chi connectivity index (χ1v) is 13.5. The average Bonchev–Trinajstić information content (AvgIpc) is 3.09. The Morgan fingerprint density at radius 3 is 2.67 bits per heavy atom. The molecule has 4 rings (SSSR count). The summed E-state index contributed by atoms with van der Waals surface area (Å²) >= 11 is 1.70. The lowest BCUT2D eigenvalue weighted by Crippen LogP contribution is -2.52. The number of nitrogens with zero attached hydrogens (tertiary/aromatic N) is 1. The summed E-state index contributed by atoms with van der Waals surface area (Å²) in [6.45, 7) is 6.64. The molecule has 4 atom stereocenters. The fourth-order valence-corrected chi connectivity index (χ4v) is 6.89. The van der Waals surface area contributed by atoms with Crippen molar-refractivity contribution in [2.45, 2.75) is 76.3 Å². The van der Waals surface area contributed by atoms with Crippen molar-refractivity contribution in [3.63, 3.8) is 0 Å². The maximum atomic E-state index is 13.4. The highest BCUT2D eigenvalue weighted by Gasteiger charge is 2.35. The first-order chi connectivity index (χ1) is 15.8. The Balaban J connectivity index is 1.58. The van der Waals surface area contributed by atoms with Crippen LogP contribution in [0.5, 0.6) is 0 Å². The predicted molar refractivity (Wildman–Crippen MR) is 135 cm³/mol. The van der Waals surface area contributed by atoms with Gasteiger partial charge in [0.15, 0.2) is 0 Å². The Labute approximate surface area is 200 Å². The van der Waals surface area contributed by atoms with E-state index in [1.165, 1.54) is 0 Å². The number of para-hydroxylation sites is 1. The largest absolute Gasteiger partial charge is 0.393 e. The lowest BCUT2D eigenvalue weighted by atomic mass is 9.83. The number of hydrogen-bond acceptors (Lipinski definition) is 4. The molecule has 2 fully saturated rings. The molecule has 2 heterocycles. The number of piperidine rings is 1. The van der Waals surface area contributed by atoms with Crippen LogP contribution in [-0.4, -0.2) is 51.7 Å². The second kappa shape index (κ2) is 10.1. The molecule has 1 saturated carbocycles. The second-order valence-corrected chi connectivity index (χ2v) is 11.0. The summed E-state index contributed by atoms with van der Waals surface area (Å²) in [5.41, 5.74) is 2.75. The van der Waals surface area contributed by atoms with Crippen molar-refractivity contribution < 1.29 is 14.7 Å². The van der Waals surface area contributed by atoms with E-state index in [2.05, 4.69) is 28.2 Å². The van der Waals surface area contributed by atoms with Gasteiger partial charge in [0.05, 0.1) is 17.6 Å². The van der Waals surface area contributed by atoms with Crippen molar-refractivity contribution in [1.29, 1.82) is 0 Å². The zero-order valence-corrected chi connectivity index (χ0v) is 21.0. The number of aliphatic hydroxyl groups excluding tert-OH is 1. The summed E-state index contributed by atoms with van der Waals surface area (Å²) < 4.78 is 2.31. The van der Waals surface area contributed by atoms with Gasteiger partial charge in [-0.15, -0.1) is 0 Å². The van der Waals surface area contributed by atoms with Crippen LogP contribution >= 0.6 is 11.8 Å². The lowest BCUT2D eigenvalue weighted by molar-refractivity contribution is -0.127. The zero-order chi connectivity index (χ0) is 23.7. The molecule has 3 unspecified atom stereocenters. The van der Waals surface area contributed by atoms with E-state index in [9.17, 15) is 14.7 Å². The molecule has 1 aliphatic carbocycles. The third kappa shape index (κ3) is 4.80. The Morgan fingerprint density at radius 1 is 1.27 bits per heavy atom. The van der Waals surface area contributed by atoms with Crippen LogP contribution in [0.3, 0.4) is 0 Å². The van der Waals surface area contributed by atoms with E-state index >= 15 is 0 Å². The van der Waals surface area contributed by atoms with Gasteiger partial charge in [0.1, 0.15) is 0 Å². The van der Waals surface area contributed by atoms with Gasteiger partial charge >= 0.3 is 0 Å². The Kier molecular flexibility index (Phi) is 7.39. The fourth-order valence-electron chi connectivity index (χ4n) is 5.86. The molecular formula is C26H37N3O3S. The summed E-state index contributed by atoms with van der Waals surface area (Å²) in [6, 6.07) is 8.52. The van der Waals surface area contributed by atoms with E-state index in [1.54, 1.807) is 11.8 Å². The maximum absolute atomic E-state index is 13.4. The fraction of sp³-hybridized carbons (Fsp3) is 0.615. The van der Waals surface area contributed by atoms with Crippen LogP contribution in [0.2, 0.25) is 0 Å². The number of rotatable bonds is 6. The predicted octanol–water partition coefficient (Wildman–Crippen LogP) is 4.05. The molecule has 1 saturated heterocycles. The number of benzene rings is 1. The number of aromatic nitrogens is 1. The molecule has 180 valence electrons. The number of amides is 2. The number of thioether (sulfide) groups is 1. The van der Waals surface area contributed by atoms with E-state index in [0.717, 1.165) is 48.7 Å². The maximum Gasteiger partial charge on any atom is 0.253 e. The molecule has 2 amide bonds. The van der Waals surface area contributed by atoms with Crippen molar-refractivity contribution in [3.05, 3.63) is 35.5 Å². The zero-order valence-electron chi connectivity index (χ0n) is 20.1. The number of fused-ring (bicyclic) bond motifs is 1. The van der Waals surface area contributed by atoms with Crippen LogP contribution < -0.4 is 10.6 Å². The van der Waals surface area contributed by atoms with Crippen LogP contribution in [0.4, 0.5) is 0 Å². The molecular weight excluding hydrogens is 434 g/mol. The molecule has 7 heteroatoms. The van der Waals surface area contributed by atoms with Gasteiger partial charge in [-0.3, -0.25) is 9.59 Å². The molecule has 33 heavy (non-hydrogen) atoms. The van der Waals surface area contributed by atoms with E-state index in [4.69, 9.17) is 0 Å². The summed E-state index contributed by atoms with van der Waals surface area (Å²) in [7, 11) is 0. The number of aliphatic hydroxyl groups is 1. The standard InChI is InChI=1S/C26H37N3O3S/c1-15-13-23(33-4)21(25(31)28-15)14-27-26(32)24-17(3)29(22-8-6-5-7-20(22)24)16(2)18-9-11-19(30)12-10-18/h5-8,15-16,18-19,21,23,30H,9-14H2,1-4H3,(H,27,32)(H,28,31)/t15?,16-,18?,19?,21?,23?/m1/s1. The minimum Gasteiger partial charge on any atom is -0.393 e. The quantitative estimate of drug-likeness (QED) is 0.594.